The highest BCUT2D eigenvalue weighted by Crippen LogP contribution is 2.25. The molecule has 1 aliphatic rings. The van der Waals surface area contributed by atoms with Gasteiger partial charge in [-0.05, 0) is 38.1 Å². The quantitative estimate of drug-likeness (QED) is 0.927. The van der Waals surface area contributed by atoms with Crippen molar-refractivity contribution in [2.75, 3.05) is 20.3 Å². The number of hydrogen-bond donors (Lipinski definition) is 1. The van der Waals surface area contributed by atoms with Gasteiger partial charge in [0, 0.05) is 23.2 Å². The Morgan fingerprint density at radius 2 is 2.41 bits per heavy atom. The van der Waals surface area contributed by atoms with Crippen LogP contribution in [0.3, 0.4) is 0 Å². The van der Waals surface area contributed by atoms with E-state index < -0.39 is 0 Å². The zero-order chi connectivity index (χ0) is 12.1. The second-order valence-electron chi connectivity index (χ2n) is 4.24. The van der Waals surface area contributed by atoms with Gasteiger partial charge in [-0.25, -0.2) is 0 Å². The lowest BCUT2D eigenvalue weighted by atomic mass is 10.1. The molecule has 0 amide bonds. The standard InChI is InChI=1S/C13H18BrNO2/c1-15-8-10-7-11(14)4-5-13(10)17-12-3-2-6-16-9-12/h4-5,7,12,15H,2-3,6,8-9H2,1H3. The number of ether oxygens (including phenoxy) is 2. The topological polar surface area (TPSA) is 30.5 Å². The van der Waals surface area contributed by atoms with Gasteiger partial charge in [-0.15, -0.1) is 0 Å². The van der Waals surface area contributed by atoms with E-state index in [2.05, 4.69) is 27.3 Å². The highest BCUT2D eigenvalue weighted by Gasteiger charge is 2.16. The van der Waals surface area contributed by atoms with Crippen LogP contribution in [-0.4, -0.2) is 26.4 Å². The maximum atomic E-state index is 6.01. The number of nitrogens with one attached hydrogen (secondary N) is 1. The Hall–Kier alpha value is -0.580. The number of hydrogen-bond acceptors (Lipinski definition) is 3. The zero-order valence-corrected chi connectivity index (χ0v) is 11.6. The minimum absolute atomic E-state index is 0.195. The smallest absolute Gasteiger partial charge is 0.124 e. The van der Waals surface area contributed by atoms with Gasteiger partial charge in [0.05, 0.1) is 6.61 Å². The van der Waals surface area contributed by atoms with E-state index in [9.17, 15) is 0 Å². The average Bonchev–Trinajstić information content (AvgIpc) is 2.34. The highest BCUT2D eigenvalue weighted by molar-refractivity contribution is 9.10. The molecule has 0 radical (unpaired) electrons. The highest BCUT2D eigenvalue weighted by atomic mass is 79.9. The van der Waals surface area contributed by atoms with Crippen LogP contribution in [0.1, 0.15) is 18.4 Å². The van der Waals surface area contributed by atoms with Gasteiger partial charge in [0.1, 0.15) is 11.9 Å². The average molecular weight is 300 g/mol. The summed E-state index contributed by atoms with van der Waals surface area (Å²) < 4.78 is 12.5. The van der Waals surface area contributed by atoms with Crippen molar-refractivity contribution in [2.45, 2.75) is 25.5 Å². The molecule has 0 spiro atoms. The molecule has 1 N–H and O–H groups in total. The summed E-state index contributed by atoms with van der Waals surface area (Å²) in [5.74, 6) is 0.957. The molecule has 0 aliphatic carbocycles. The molecule has 0 saturated carbocycles. The second-order valence-corrected chi connectivity index (χ2v) is 5.16. The molecule has 1 aliphatic heterocycles. The Bertz CT molecular complexity index is 364. The molecule has 1 saturated heterocycles. The monoisotopic (exact) mass is 299 g/mol. The molecular formula is C13H18BrNO2. The van der Waals surface area contributed by atoms with Gasteiger partial charge in [-0.2, -0.15) is 0 Å². The molecule has 1 atom stereocenters. The van der Waals surface area contributed by atoms with Crippen molar-refractivity contribution < 1.29 is 9.47 Å². The summed E-state index contributed by atoms with van der Waals surface area (Å²) in [7, 11) is 1.94. The van der Waals surface area contributed by atoms with E-state index in [1.165, 1.54) is 5.56 Å². The molecule has 17 heavy (non-hydrogen) atoms. The van der Waals surface area contributed by atoms with Crippen LogP contribution in [0.5, 0.6) is 5.75 Å². The number of rotatable bonds is 4. The number of halogens is 1. The van der Waals surface area contributed by atoms with Crippen molar-refractivity contribution >= 4 is 15.9 Å². The molecule has 94 valence electrons. The summed E-state index contributed by atoms with van der Waals surface area (Å²) in [6.07, 6.45) is 2.36. The van der Waals surface area contributed by atoms with Crippen molar-refractivity contribution in [3.63, 3.8) is 0 Å². The third-order valence-electron chi connectivity index (χ3n) is 2.80. The van der Waals surface area contributed by atoms with E-state index in [-0.39, 0.29) is 6.10 Å². The minimum Gasteiger partial charge on any atom is -0.488 e. The van der Waals surface area contributed by atoms with Crippen molar-refractivity contribution in [3.8, 4) is 5.75 Å². The predicted molar refractivity (Wildman–Crippen MR) is 71.4 cm³/mol. The summed E-state index contributed by atoms with van der Waals surface area (Å²) in [6, 6.07) is 6.12. The fraction of sp³-hybridized carbons (Fsp3) is 0.538. The first kappa shape index (κ1) is 12.9. The van der Waals surface area contributed by atoms with Gasteiger partial charge < -0.3 is 14.8 Å². The normalized spacial score (nSPS) is 20.2. The SMILES string of the molecule is CNCc1cc(Br)ccc1OC1CCCOC1. The predicted octanol–water partition coefficient (Wildman–Crippen LogP) is 2.73. The van der Waals surface area contributed by atoms with Gasteiger partial charge in [-0.1, -0.05) is 15.9 Å². The van der Waals surface area contributed by atoms with Crippen molar-refractivity contribution in [1.29, 1.82) is 0 Å². The molecule has 2 rings (SSSR count). The number of benzene rings is 1. The lowest BCUT2D eigenvalue weighted by Crippen LogP contribution is -2.28. The fourth-order valence-electron chi connectivity index (χ4n) is 1.98. The lowest BCUT2D eigenvalue weighted by molar-refractivity contribution is 0.00701. The third kappa shape index (κ3) is 3.69. The Morgan fingerprint density at radius 1 is 1.53 bits per heavy atom. The van der Waals surface area contributed by atoms with E-state index in [1.54, 1.807) is 0 Å². The van der Waals surface area contributed by atoms with Crippen LogP contribution in [0.25, 0.3) is 0 Å². The molecule has 1 heterocycles. The molecule has 0 aromatic heterocycles. The van der Waals surface area contributed by atoms with Crippen LogP contribution in [0.15, 0.2) is 22.7 Å². The van der Waals surface area contributed by atoms with Crippen molar-refractivity contribution in [1.82, 2.24) is 5.32 Å². The summed E-state index contributed by atoms with van der Waals surface area (Å²) in [5.41, 5.74) is 1.17. The molecule has 4 heteroatoms. The first-order valence-electron chi connectivity index (χ1n) is 5.97. The molecule has 1 aromatic carbocycles. The van der Waals surface area contributed by atoms with Gasteiger partial charge in [0.15, 0.2) is 0 Å². The van der Waals surface area contributed by atoms with Crippen LogP contribution in [0.2, 0.25) is 0 Å². The minimum atomic E-state index is 0.195. The van der Waals surface area contributed by atoms with Crippen molar-refractivity contribution in [3.05, 3.63) is 28.2 Å². The van der Waals surface area contributed by atoms with E-state index in [0.717, 1.165) is 36.2 Å². The maximum Gasteiger partial charge on any atom is 0.124 e. The molecule has 0 bridgehead atoms. The maximum absolute atomic E-state index is 6.01. The molecule has 1 unspecified atom stereocenters. The zero-order valence-electron chi connectivity index (χ0n) is 10.0. The van der Waals surface area contributed by atoms with E-state index in [1.807, 2.05) is 19.2 Å². The first-order valence-corrected chi connectivity index (χ1v) is 6.76. The van der Waals surface area contributed by atoms with Gasteiger partial charge in [0.2, 0.25) is 0 Å². The molecule has 1 fully saturated rings. The Kier molecular flexibility index (Phi) is 4.83. The second kappa shape index (κ2) is 6.38. The van der Waals surface area contributed by atoms with Crippen LogP contribution >= 0.6 is 15.9 Å². The van der Waals surface area contributed by atoms with Crippen molar-refractivity contribution in [2.24, 2.45) is 0 Å². The van der Waals surface area contributed by atoms with Crippen LogP contribution in [0.4, 0.5) is 0 Å². The Balaban J connectivity index is 2.07. The summed E-state index contributed by atoms with van der Waals surface area (Å²) in [4.78, 5) is 0. The van der Waals surface area contributed by atoms with Crippen LogP contribution in [0, 0.1) is 0 Å². The molecular weight excluding hydrogens is 282 g/mol. The van der Waals surface area contributed by atoms with E-state index in [4.69, 9.17) is 9.47 Å². The fourth-order valence-corrected chi connectivity index (χ4v) is 2.38. The Morgan fingerprint density at radius 3 is 3.12 bits per heavy atom. The van der Waals surface area contributed by atoms with Crippen LogP contribution < -0.4 is 10.1 Å². The largest absolute Gasteiger partial charge is 0.488 e. The third-order valence-corrected chi connectivity index (χ3v) is 3.30. The lowest BCUT2D eigenvalue weighted by Gasteiger charge is -2.24. The van der Waals surface area contributed by atoms with Crippen LogP contribution in [-0.2, 0) is 11.3 Å². The molecule has 3 nitrogen and oxygen atoms in total. The summed E-state index contributed by atoms with van der Waals surface area (Å²) >= 11 is 3.48. The van der Waals surface area contributed by atoms with Gasteiger partial charge in [-0.3, -0.25) is 0 Å². The summed E-state index contributed by atoms with van der Waals surface area (Å²) in [6.45, 7) is 2.38. The van der Waals surface area contributed by atoms with E-state index >= 15 is 0 Å². The molecule has 1 aromatic rings. The van der Waals surface area contributed by atoms with E-state index in [0.29, 0.717) is 6.61 Å². The summed E-state index contributed by atoms with van der Waals surface area (Å²) in [5, 5.41) is 3.16. The first-order chi connectivity index (χ1) is 8.29. The Labute approximate surface area is 111 Å². The van der Waals surface area contributed by atoms with Gasteiger partial charge >= 0.3 is 0 Å². The van der Waals surface area contributed by atoms with Gasteiger partial charge in [0.25, 0.3) is 0 Å².